The number of allylic oxidation sites excluding steroid dienone is 7. The fourth-order valence-electron chi connectivity index (χ4n) is 1.23. The van der Waals surface area contributed by atoms with E-state index >= 15 is 0 Å². The van der Waals surface area contributed by atoms with Gasteiger partial charge in [-0.15, -0.1) is 18.2 Å². The van der Waals surface area contributed by atoms with Crippen LogP contribution in [0, 0.1) is 12.3 Å². The number of halogens is 1. The summed E-state index contributed by atoms with van der Waals surface area (Å²) in [5, 5.41) is 0. The van der Waals surface area contributed by atoms with E-state index in [9.17, 15) is 4.39 Å². The van der Waals surface area contributed by atoms with Gasteiger partial charge in [0, 0.05) is 11.0 Å². The van der Waals surface area contributed by atoms with Crippen LogP contribution in [0.15, 0.2) is 46.7 Å². The third kappa shape index (κ3) is 3.81. The average Bonchev–Trinajstić information content (AvgIpc) is 2.43. The number of rotatable bonds is 3. The topological polar surface area (TPSA) is 0 Å². The normalized spacial score (nSPS) is 16.5. The number of hydrogen-bond donors (Lipinski definition) is 0. The van der Waals surface area contributed by atoms with Crippen molar-refractivity contribution in [2.24, 2.45) is 0 Å². The average molecular weight is 220 g/mol. The van der Waals surface area contributed by atoms with Crippen LogP contribution in [-0.2, 0) is 0 Å². The van der Waals surface area contributed by atoms with Crippen molar-refractivity contribution in [1.82, 2.24) is 0 Å². The molecule has 15 heavy (non-hydrogen) atoms. The zero-order valence-electron chi connectivity index (χ0n) is 8.66. The SMILES string of the molecule is C#C/C=C(\SCC)C1=CCC=C(F)C=C1. The molecule has 1 aliphatic carbocycles. The van der Waals surface area contributed by atoms with Crippen molar-refractivity contribution < 1.29 is 4.39 Å². The van der Waals surface area contributed by atoms with Crippen LogP contribution in [0.3, 0.4) is 0 Å². The van der Waals surface area contributed by atoms with Gasteiger partial charge in [0.1, 0.15) is 5.83 Å². The number of hydrogen-bond acceptors (Lipinski definition) is 1. The van der Waals surface area contributed by atoms with Crippen molar-refractivity contribution in [2.45, 2.75) is 13.3 Å². The minimum Gasteiger partial charge on any atom is -0.207 e. The first kappa shape index (κ1) is 11.9. The van der Waals surface area contributed by atoms with Crippen molar-refractivity contribution in [3.8, 4) is 12.3 Å². The van der Waals surface area contributed by atoms with Crippen LogP contribution < -0.4 is 0 Å². The summed E-state index contributed by atoms with van der Waals surface area (Å²) in [6.45, 7) is 2.06. The summed E-state index contributed by atoms with van der Waals surface area (Å²) < 4.78 is 12.9. The Morgan fingerprint density at radius 1 is 1.60 bits per heavy atom. The van der Waals surface area contributed by atoms with E-state index < -0.39 is 0 Å². The van der Waals surface area contributed by atoms with Gasteiger partial charge in [-0.3, -0.25) is 0 Å². The molecule has 0 unspecified atom stereocenters. The molecule has 0 saturated carbocycles. The maximum Gasteiger partial charge on any atom is 0.119 e. The first-order valence-corrected chi connectivity index (χ1v) is 5.80. The monoisotopic (exact) mass is 220 g/mol. The Hall–Kier alpha value is -1.20. The van der Waals surface area contributed by atoms with Crippen molar-refractivity contribution in [3.63, 3.8) is 0 Å². The van der Waals surface area contributed by atoms with E-state index in [4.69, 9.17) is 6.42 Å². The van der Waals surface area contributed by atoms with Crippen molar-refractivity contribution >= 4 is 11.8 Å². The Labute approximate surface area is 94.6 Å². The van der Waals surface area contributed by atoms with Crippen LogP contribution in [0.25, 0.3) is 0 Å². The highest BCUT2D eigenvalue weighted by atomic mass is 32.2. The molecule has 0 aromatic rings. The van der Waals surface area contributed by atoms with Crippen LogP contribution in [0.4, 0.5) is 4.39 Å². The van der Waals surface area contributed by atoms with Crippen molar-refractivity contribution in [1.29, 1.82) is 0 Å². The molecule has 0 aliphatic heterocycles. The second-order valence-corrected chi connectivity index (χ2v) is 4.23. The molecule has 0 aromatic carbocycles. The molecule has 0 atom stereocenters. The second-order valence-electron chi connectivity index (χ2n) is 2.93. The summed E-state index contributed by atoms with van der Waals surface area (Å²) in [6.07, 6.45) is 14.4. The summed E-state index contributed by atoms with van der Waals surface area (Å²) in [4.78, 5) is 1.03. The largest absolute Gasteiger partial charge is 0.207 e. The molecule has 1 aliphatic rings. The Morgan fingerprint density at radius 3 is 3.07 bits per heavy atom. The Bertz CT molecular complexity index is 378. The minimum atomic E-state index is -0.192. The lowest BCUT2D eigenvalue weighted by Gasteiger charge is -2.04. The molecule has 2 heteroatoms. The lowest BCUT2D eigenvalue weighted by Crippen LogP contribution is -1.83. The number of terminal acetylenes is 1. The fraction of sp³-hybridized carbons (Fsp3) is 0.231. The molecule has 0 radical (unpaired) electrons. The highest BCUT2D eigenvalue weighted by Crippen LogP contribution is 2.27. The van der Waals surface area contributed by atoms with E-state index in [2.05, 4.69) is 12.8 Å². The molecule has 0 N–H and O–H groups in total. The first-order valence-electron chi connectivity index (χ1n) is 4.81. The zero-order chi connectivity index (χ0) is 11.1. The van der Waals surface area contributed by atoms with Crippen LogP contribution in [-0.4, -0.2) is 5.75 Å². The third-order valence-corrected chi connectivity index (χ3v) is 2.82. The van der Waals surface area contributed by atoms with E-state index in [0.29, 0.717) is 6.42 Å². The summed E-state index contributed by atoms with van der Waals surface area (Å²) in [7, 11) is 0. The van der Waals surface area contributed by atoms with E-state index in [0.717, 1.165) is 16.2 Å². The maximum atomic E-state index is 12.9. The van der Waals surface area contributed by atoms with Gasteiger partial charge >= 0.3 is 0 Å². The van der Waals surface area contributed by atoms with E-state index in [1.54, 1.807) is 30.0 Å². The van der Waals surface area contributed by atoms with Gasteiger partial charge in [-0.05, 0) is 29.9 Å². The molecule has 0 amide bonds. The van der Waals surface area contributed by atoms with Crippen LogP contribution in [0.2, 0.25) is 0 Å². The van der Waals surface area contributed by atoms with E-state index in [-0.39, 0.29) is 5.83 Å². The molecular formula is C13H13FS. The van der Waals surface area contributed by atoms with Gasteiger partial charge in [-0.2, -0.15) is 0 Å². The molecule has 0 fully saturated rings. The summed E-state index contributed by atoms with van der Waals surface area (Å²) in [6, 6.07) is 0. The predicted molar refractivity (Wildman–Crippen MR) is 66.1 cm³/mol. The maximum absolute atomic E-state index is 12.9. The van der Waals surface area contributed by atoms with Gasteiger partial charge in [0.2, 0.25) is 0 Å². The van der Waals surface area contributed by atoms with Crippen molar-refractivity contribution in [3.05, 3.63) is 46.7 Å². The summed E-state index contributed by atoms with van der Waals surface area (Å²) in [5.41, 5.74) is 1.00. The Balaban J connectivity index is 2.88. The smallest absolute Gasteiger partial charge is 0.119 e. The fourth-order valence-corrected chi connectivity index (χ4v) is 2.01. The van der Waals surface area contributed by atoms with Gasteiger partial charge in [-0.25, -0.2) is 4.39 Å². The standard InChI is InChI=1S/C13H13FS/c1-3-6-13(15-4-2)11-7-5-8-12(14)10-9-11/h1,6-10H,4-5H2,2H3/b13-6-. The summed E-state index contributed by atoms with van der Waals surface area (Å²) in [5.74, 6) is 3.27. The number of thioether (sulfide) groups is 1. The molecule has 0 heterocycles. The van der Waals surface area contributed by atoms with Crippen LogP contribution in [0.5, 0.6) is 0 Å². The Morgan fingerprint density at radius 2 is 2.40 bits per heavy atom. The molecule has 0 bridgehead atoms. The molecule has 0 saturated heterocycles. The first-order chi connectivity index (χ1) is 7.27. The van der Waals surface area contributed by atoms with E-state index in [1.165, 1.54) is 6.08 Å². The van der Waals surface area contributed by atoms with Gasteiger partial charge in [0.15, 0.2) is 0 Å². The van der Waals surface area contributed by atoms with Gasteiger partial charge < -0.3 is 0 Å². The highest BCUT2D eigenvalue weighted by molar-refractivity contribution is 8.03. The van der Waals surface area contributed by atoms with E-state index in [1.807, 2.05) is 6.08 Å². The zero-order valence-corrected chi connectivity index (χ0v) is 9.48. The van der Waals surface area contributed by atoms with Gasteiger partial charge in [-0.1, -0.05) is 25.0 Å². The van der Waals surface area contributed by atoms with Crippen LogP contribution in [0.1, 0.15) is 13.3 Å². The minimum absolute atomic E-state index is 0.192. The highest BCUT2D eigenvalue weighted by Gasteiger charge is 2.03. The molecule has 0 spiro atoms. The molecule has 0 aromatic heterocycles. The van der Waals surface area contributed by atoms with Crippen LogP contribution >= 0.6 is 11.8 Å². The quantitative estimate of drug-likeness (QED) is 0.648. The lowest BCUT2D eigenvalue weighted by molar-refractivity contribution is 0.663. The third-order valence-electron chi connectivity index (χ3n) is 1.87. The Kier molecular flexibility index (Phi) is 5.00. The molecular weight excluding hydrogens is 207 g/mol. The predicted octanol–water partition coefficient (Wildman–Crippen LogP) is 4.00. The van der Waals surface area contributed by atoms with Crippen molar-refractivity contribution in [2.75, 3.05) is 5.75 Å². The molecule has 78 valence electrons. The summed E-state index contributed by atoms with van der Waals surface area (Å²) >= 11 is 1.67. The van der Waals surface area contributed by atoms with Gasteiger partial charge in [0.25, 0.3) is 0 Å². The molecule has 0 nitrogen and oxygen atoms in total. The van der Waals surface area contributed by atoms with Gasteiger partial charge in [0.05, 0.1) is 0 Å². The molecule has 1 rings (SSSR count). The second kappa shape index (κ2) is 6.31. The lowest BCUT2D eigenvalue weighted by atomic mass is 10.2.